The first-order valence-electron chi connectivity index (χ1n) is 7.18. The van der Waals surface area contributed by atoms with Gasteiger partial charge < -0.3 is 10.6 Å². The Hall–Kier alpha value is -1.02. The zero-order valence-corrected chi connectivity index (χ0v) is 13.7. The number of nitrogens with zero attached hydrogens (tertiary/aromatic N) is 1. The Morgan fingerprint density at radius 2 is 1.53 bits per heavy atom. The first kappa shape index (κ1) is 16.0. The molecule has 2 nitrogen and oxygen atoms in total. The molecule has 0 saturated carbocycles. The van der Waals surface area contributed by atoms with E-state index in [1.54, 1.807) is 0 Å². The molecule has 0 saturated heterocycles. The monoisotopic (exact) mass is 262 g/mol. The summed E-state index contributed by atoms with van der Waals surface area (Å²) < 4.78 is 0. The Balaban J connectivity index is 3.10. The molecule has 1 rings (SSSR count). The van der Waals surface area contributed by atoms with Crippen molar-refractivity contribution < 1.29 is 0 Å². The van der Waals surface area contributed by atoms with E-state index < -0.39 is 0 Å². The van der Waals surface area contributed by atoms with Crippen molar-refractivity contribution in [3.8, 4) is 0 Å². The minimum atomic E-state index is 0.250. The van der Waals surface area contributed by atoms with Crippen molar-refractivity contribution in [3.63, 3.8) is 0 Å². The molecule has 0 fully saturated rings. The van der Waals surface area contributed by atoms with Gasteiger partial charge in [0.25, 0.3) is 0 Å². The SMILES string of the molecule is Cc1cc(C)c(C)c(N(C)CC(C)(C)CCN)c1C. The van der Waals surface area contributed by atoms with E-state index >= 15 is 0 Å². The fraction of sp³-hybridized carbons (Fsp3) is 0.647. The van der Waals surface area contributed by atoms with Gasteiger partial charge in [-0.3, -0.25) is 0 Å². The average molecular weight is 262 g/mol. The smallest absolute Gasteiger partial charge is 0.0428 e. The largest absolute Gasteiger partial charge is 0.374 e. The van der Waals surface area contributed by atoms with E-state index in [0.717, 1.165) is 19.5 Å². The van der Waals surface area contributed by atoms with E-state index in [1.165, 1.54) is 27.9 Å². The van der Waals surface area contributed by atoms with Gasteiger partial charge in [-0.1, -0.05) is 19.9 Å². The highest BCUT2D eigenvalue weighted by Gasteiger charge is 2.21. The van der Waals surface area contributed by atoms with Crippen molar-refractivity contribution in [2.75, 3.05) is 25.0 Å². The number of rotatable bonds is 5. The molecular weight excluding hydrogens is 232 g/mol. The highest BCUT2D eigenvalue weighted by Crippen LogP contribution is 2.32. The van der Waals surface area contributed by atoms with Crippen molar-refractivity contribution in [1.82, 2.24) is 0 Å². The zero-order valence-electron chi connectivity index (χ0n) is 13.7. The van der Waals surface area contributed by atoms with E-state index in [1.807, 2.05) is 0 Å². The van der Waals surface area contributed by atoms with Crippen LogP contribution < -0.4 is 10.6 Å². The summed E-state index contributed by atoms with van der Waals surface area (Å²) >= 11 is 0. The van der Waals surface area contributed by atoms with Crippen LogP contribution in [0.2, 0.25) is 0 Å². The lowest BCUT2D eigenvalue weighted by Gasteiger charge is -2.34. The summed E-state index contributed by atoms with van der Waals surface area (Å²) in [5.41, 5.74) is 12.9. The third kappa shape index (κ3) is 3.73. The van der Waals surface area contributed by atoms with Crippen molar-refractivity contribution >= 4 is 5.69 Å². The van der Waals surface area contributed by atoms with Gasteiger partial charge in [-0.2, -0.15) is 0 Å². The summed E-state index contributed by atoms with van der Waals surface area (Å²) in [5, 5.41) is 0. The Morgan fingerprint density at radius 1 is 1.05 bits per heavy atom. The number of benzene rings is 1. The number of aryl methyl sites for hydroxylation is 2. The molecule has 0 spiro atoms. The molecule has 0 heterocycles. The summed E-state index contributed by atoms with van der Waals surface area (Å²) in [6.45, 7) is 15.2. The lowest BCUT2D eigenvalue weighted by molar-refractivity contribution is 0.347. The second-order valence-corrected chi connectivity index (χ2v) is 6.67. The zero-order chi connectivity index (χ0) is 14.8. The van der Waals surface area contributed by atoms with Crippen LogP contribution in [0.1, 0.15) is 42.5 Å². The molecule has 2 heteroatoms. The molecule has 2 N–H and O–H groups in total. The second kappa shape index (κ2) is 5.96. The normalized spacial score (nSPS) is 11.8. The summed E-state index contributed by atoms with van der Waals surface area (Å²) in [6.07, 6.45) is 1.06. The molecule has 0 aromatic heterocycles. The predicted octanol–water partition coefficient (Wildman–Crippen LogP) is 3.73. The topological polar surface area (TPSA) is 29.3 Å². The van der Waals surface area contributed by atoms with Crippen LogP contribution in [0.3, 0.4) is 0 Å². The van der Waals surface area contributed by atoms with Crippen LogP contribution in [0.15, 0.2) is 6.07 Å². The molecule has 0 aliphatic heterocycles. The van der Waals surface area contributed by atoms with Crippen LogP contribution >= 0.6 is 0 Å². The highest BCUT2D eigenvalue weighted by atomic mass is 15.1. The first-order valence-corrected chi connectivity index (χ1v) is 7.18. The summed E-state index contributed by atoms with van der Waals surface area (Å²) in [7, 11) is 2.20. The summed E-state index contributed by atoms with van der Waals surface area (Å²) in [4.78, 5) is 2.40. The molecule has 0 aliphatic carbocycles. The van der Waals surface area contributed by atoms with Crippen molar-refractivity contribution in [1.29, 1.82) is 0 Å². The predicted molar refractivity (Wildman–Crippen MR) is 86.1 cm³/mol. The maximum atomic E-state index is 5.72. The van der Waals surface area contributed by atoms with Gasteiger partial charge in [0.2, 0.25) is 0 Å². The van der Waals surface area contributed by atoms with E-state index in [0.29, 0.717) is 0 Å². The van der Waals surface area contributed by atoms with Crippen LogP contribution in [-0.2, 0) is 0 Å². The molecule has 1 aromatic carbocycles. The van der Waals surface area contributed by atoms with Gasteiger partial charge in [-0.05, 0) is 68.3 Å². The number of hydrogen-bond acceptors (Lipinski definition) is 2. The first-order chi connectivity index (χ1) is 8.69. The van der Waals surface area contributed by atoms with E-state index in [4.69, 9.17) is 5.73 Å². The molecule has 0 unspecified atom stereocenters. The number of hydrogen-bond donors (Lipinski definition) is 1. The quantitative estimate of drug-likeness (QED) is 0.876. The van der Waals surface area contributed by atoms with Crippen LogP contribution in [0.4, 0.5) is 5.69 Å². The van der Waals surface area contributed by atoms with Gasteiger partial charge in [-0.25, -0.2) is 0 Å². The Morgan fingerprint density at radius 3 is 1.95 bits per heavy atom. The maximum absolute atomic E-state index is 5.72. The standard InChI is InChI=1S/C17H30N2/c1-12-10-13(2)15(4)16(14(12)3)19(7)11-17(5,6)8-9-18/h10H,8-9,11,18H2,1-7H3. The molecule has 0 radical (unpaired) electrons. The molecule has 1 aromatic rings. The lowest BCUT2D eigenvalue weighted by Crippen LogP contribution is -2.34. The Labute approximate surface area is 119 Å². The van der Waals surface area contributed by atoms with E-state index in [2.05, 4.69) is 59.6 Å². The van der Waals surface area contributed by atoms with E-state index in [-0.39, 0.29) is 5.41 Å². The van der Waals surface area contributed by atoms with Gasteiger partial charge in [0.05, 0.1) is 0 Å². The van der Waals surface area contributed by atoms with Crippen molar-refractivity contribution in [3.05, 3.63) is 28.3 Å². The second-order valence-electron chi connectivity index (χ2n) is 6.67. The van der Waals surface area contributed by atoms with Crippen LogP contribution in [-0.4, -0.2) is 20.1 Å². The van der Waals surface area contributed by atoms with Gasteiger partial charge in [0.1, 0.15) is 0 Å². The number of nitrogens with two attached hydrogens (primary N) is 1. The third-order valence-electron chi connectivity index (χ3n) is 4.19. The summed E-state index contributed by atoms with van der Waals surface area (Å²) in [6, 6.07) is 2.28. The van der Waals surface area contributed by atoms with E-state index in [9.17, 15) is 0 Å². The molecule has 0 amide bonds. The van der Waals surface area contributed by atoms with Gasteiger partial charge in [0, 0.05) is 19.3 Å². The summed E-state index contributed by atoms with van der Waals surface area (Å²) in [5.74, 6) is 0. The number of anilines is 1. The minimum Gasteiger partial charge on any atom is -0.374 e. The Kier molecular flexibility index (Phi) is 5.03. The minimum absolute atomic E-state index is 0.250. The molecule has 0 atom stereocenters. The van der Waals surface area contributed by atoms with Crippen molar-refractivity contribution in [2.24, 2.45) is 11.1 Å². The highest BCUT2D eigenvalue weighted by molar-refractivity contribution is 5.63. The fourth-order valence-electron chi connectivity index (χ4n) is 2.96. The maximum Gasteiger partial charge on any atom is 0.0428 e. The van der Waals surface area contributed by atoms with Gasteiger partial charge in [0.15, 0.2) is 0 Å². The van der Waals surface area contributed by atoms with Crippen molar-refractivity contribution in [2.45, 2.75) is 48.0 Å². The molecular formula is C17H30N2. The molecule has 108 valence electrons. The lowest BCUT2D eigenvalue weighted by atomic mass is 9.88. The molecule has 0 bridgehead atoms. The van der Waals surface area contributed by atoms with Gasteiger partial charge >= 0.3 is 0 Å². The molecule has 0 aliphatic rings. The molecule has 19 heavy (non-hydrogen) atoms. The average Bonchev–Trinajstić information content (AvgIpc) is 2.25. The van der Waals surface area contributed by atoms with Crippen LogP contribution in [0, 0.1) is 33.1 Å². The van der Waals surface area contributed by atoms with Gasteiger partial charge in [-0.15, -0.1) is 0 Å². The van der Waals surface area contributed by atoms with Crippen LogP contribution in [0.25, 0.3) is 0 Å². The Bertz CT molecular complexity index is 421. The van der Waals surface area contributed by atoms with Crippen LogP contribution in [0.5, 0.6) is 0 Å². The fourth-order valence-corrected chi connectivity index (χ4v) is 2.96. The third-order valence-corrected chi connectivity index (χ3v) is 4.19.